The van der Waals surface area contributed by atoms with E-state index in [0.29, 0.717) is 6.07 Å². The van der Waals surface area contributed by atoms with E-state index in [-0.39, 0.29) is 22.7 Å². The van der Waals surface area contributed by atoms with Crippen LogP contribution in [0.5, 0.6) is 0 Å². The number of nitrogens with one attached hydrogen (secondary N) is 3. The zero-order valence-electron chi connectivity index (χ0n) is 18.6. The molecular weight excluding hydrogens is 594 g/mol. The lowest BCUT2D eigenvalue weighted by Crippen LogP contribution is -2.37. The van der Waals surface area contributed by atoms with E-state index in [4.69, 9.17) is 34.8 Å². The summed E-state index contributed by atoms with van der Waals surface area (Å²) in [5.41, 5.74) is -2.02. The number of halogens is 10. The van der Waals surface area contributed by atoms with Gasteiger partial charge in [0.25, 0.3) is 5.91 Å². The van der Waals surface area contributed by atoms with Crippen molar-refractivity contribution in [3.05, 3.63) is 52.6 Å². The fraction of sp³-hybridized carbons (Fsp3) is 0.318. The Morgan fingerprint density at radius 3 is 2.18 bits per heavy atom. The van der Waals surface area contributed by atoms with Crippen LogP contribution in [-0.4, -0.2) is 34.2 Å². The summed E-state index contributed by atoms with van der Waals surface area (Å²) in [6, 6.07) is 5.13. The minimum atomic E-state index is -5.91. The second-order valence-corrected chi connectivity index (χ2v) is 10.1. The number of rotatable bonds is 8. The molecule has 1 fully saturated rings. The van der Waals surface area contributed by atoms with Crippen molar-refractivity contribution >= 4 is 69.6 Å². The van der Waals surface area contributed by atoms with E-state index in [0.717, 1.165) is 12.1 Å². The SMILES string of the molecule is O=C(CCC(F)(F)C(F)(F)F)Nc1c(F)ccc(NC(=O)c2cc(NC(=O)C3CC3(Cl)Cl)ccc2Cl)c1F. The Balaban J connectivity index is 1.72. The molecule has 1 unspecified atom stereocenters. The van der Waals surface area contributed by atoms with Crippen molar-refractivity contribution in [2.75, 3.05) is 16.0 Å². The molecule has 206 valence electrons. The van der Waals surface area contributed by atoms with E-state index in [1.165, 1.54) is 12.1 Å². The third kappa shape index (κ3) is 6.80. The largest absolute Gasteiger partial charge is 0.453 e. The van der Waals surface area contributed by atoms with Gasteiger partial charge in [0.2, 0.25) is 11.8 Å². The van der Waals surface area contributed by atoms with Gasteiger partial charge in [-0.15, -0.1) is 23.2 Å². The minimum absolute atomic E-state index is 0.115. The molecule has 3 N–H and O–H groups in total. The van der Waals surface area contributed by atoms with Gasteiger partial charge in [0.1, 0.15) is 15.8 Å². The number of alkyl halides is 7. The lowest BCUT2D eigenvalue weighted by Gasteiger charge is -2.19. The van der Waals surface area contributed by atoms with Crippen LogP contribution < -0.4 is 16.0 Å². The zero-order valence-corrected chi connectivity index (χ0v) is 20.9. The number of anilines is 3. The average Bonchev–Trinajstić information content (AvgIpc) is 3.46. The van der Waals surface area contributed by atoms with Crippen molar-refractivity contribution in [3.63, 3.8) is 0 Å². The van der Waals surface area contributed by atoms with Gasteiger partial charge in [0, 0.05) is 18.5 Å². The lowest BCUT2D eigenvalue weighted by atomic mass is 10.1. The standard InChI is InChI=1S/C22H15Cl3F7N3O3/c23-12-2-1-9(33-19(38)11-8-20(11,24)25)7-10(12)18(37)34-14-4-3-13(26)17(16(14)27)35-15(36)5-6-21(28,29)22(30,31)32/h1-4,7,11H,5-6,8H2,(H,33,38)(H,34,37)(H,35,36). The van der Waals surface area contributed by atoms with Crippen LogP contribution in [0.4, 0.5) is 47.8 Å². The first-order valence-corrected chi connectivity index (χ1v) is 11.6. The van der Waals surface area contributed by atoms with Gasteiger partial charge in [0.15, 0.2) is 5.82 Å². The third-order valence-electron chi connectivity index (χ3n) is 5.31. The van der Waals surface area contributed by atoms with Crippen molar-refractivity contribution < 1.29 is 45.1 Å². The second-order valence-electron chi connectivity index (χ2n) is 8.19. The van der Waals surface area contributed by atoms with E-state index in [1.807, 2.05) is 0 Å². The van der Waals surface area contributed by atoms with Crippen LogP contribution >= 0.6 is 34.8 Å². The lowest BCUT2D eigenvalue weighted by molar-refractivity contribution is -0.284. The topological polar surface area (TPSA) is 87.3 Å². The highest BCUT2D eigenvalue weighted by atomic mass is 35.5. The van der Waals surface area contributed by atoms with Crippen molar-refractivity contribution in [2.45, 2.75) is 35.7 Å². The van der Waals surface area contributed by atoms with Crippen LogP contribution in [0.15, 0.2) is 30.3 Å². The molecule has 3 rings (SSSR count). The Bertz CT molecular complexity index is 1290. The quantitative estimate of drug-likeness (QED) is 0.225. The Labute approximate surface area is 224 Å². The number of carbonyl (C=O) groups is 3. The maximum absolute atomic E-state index is 14.8. The summed E-state index contributed by atoms with van der Waals surface area (Å²) in [4.78, 5) is 36.7. The number of hydrogen-bond donors (Lipinski definition) is 3. The molecule has 2 aromatic carbocycles. The van der Waals surface area contributed by atoms with Crippen molar-refractivity contribution in [1.82, 2.24) is 0 Å². The monoisotopic (exact) mass is 607 g/mol. The van der Waals surface area contributed by atoms with Gasteiger partial charge in [-0.3, -0.25) is 14.4 Å². The predicted octanol–water partition coefficient (Wildman–Crippen LogP) is 6.92. The average molecular weight is 609 g/mol. The van der Waals surface area contributed by atoms with Crippen LogP contribution in [0, 0.1) is 17.6 Å². The van der Waals surface area contributed by atoms with E-state index in [2.05, 4.69) is 10.6 Å². The molecule has 1 aliphatic rings. The Morgan fingerprint density at radius 2 is 1.61 bits per heavy atom. The molecule has 38 heavy (non-hydrogen) atoms. The summed E-state index contributed by atoms with van der Waals surface area (Å²) in [7, 11) is 0. The molecule has 1 saturated carbocycles. The van der Waals surface area contributed by atoms with Crippen LogP contribution in [0.3, 0.4) is 0 Å². The molecule has 0 radical (unpaired) electrons. The number of amides is 3. The Kier molecular flexibility index (Phi) is 8.44. The van der Waals surface area contributed by atoms with Gasteiger partial charge in [-0.25, -0.2) is 8.78 Å². The van der Waals surface area contributed by atoms with Gasteiger partial charge in [-0.2, -0.15) is 22.0 Å². The maximum Gasteiger partial charge on any atom is 0.453 e. The Morgan fingerprint density at radius 1 is 0.974 bits per heavy atom. The van der Waals surface area contributed by atoms with E-state index < -0.39 is 75.9 Å². The van der Waals surface area contributed by atoms with E-state index >= 15 is 0 Å². The zero-order chi connectivity index (χ0) is 28.6. The summed E-state index contributed by atoms with van der Waals surface area (Å²) < 4.78 is 90.5. The van der Waals surface area contributed by atoms with E-state index in [1.54, 1.807) is 5.32 Å². The summed E-state index contributed by atoms with van der Waals surface area (Å²) in [5, 5.41) is 6.02. The third-order valence-corrected chi connectivity index (χ3v) is 6.47. The second kappa shape index (κ2) is 10.8. The van der Waals surface area contributed by atoms with Crippen LogP contribution in [0.2, 0.25) is 5.02 Å². The maximum atomic E-state index is 14.8. The highest BCUT2D eigenvalue weighted by Crippen LogP contribution is 2.53. The fourth-order valence-corrected chi connectivity index (χ4v) is 3.78. The van der Waals surface area contributed by atoms with Crippen LogP contribution in [-0.2, 0) is 9.59 Å². The van der Waals surface area contributed by atoms with Crippen molar-refractivity contribution in [1.29, 1.82) is 0 Å². The van der Waals surface area contributed by atoms with Crippen LogP contribution in [0.1, 0.15) is 29.6 Å². The van der Waals surface area contributed by atoms with Gasteiger partial charge < -0.3 is 16.0 Å². The van der Waals surface area contributed by atoms with Crippen molar-refractivity contribution in [3.8, 4) is 0 Å². The molecule has 1 aliphatic carbocycles. The molecule has 0 saturated heterocycles. The Hall–Kier alpha value is -2.77. The molecule has 3 amide bonds. The smallest absolute Gasteiger partial charge is 0.326 e. The molecule has 0 aliphatic heterocycles. The summed E-state index contributed by atoms with van der Waals surface area (Å²) in [6.07, 6.45) is -9.06. The molecule has 0 spiro atoms. The van der Waals surface area contributed by atoms with Gasteiger partial charge in [-0.1, -0.05) is 11.6 Å². The predicted molar refractivity (Wildman–Crippen MR) is 126 cm³/mol. The molecule has 0 aromatic heterocycles. The van der Waals surface area contributed by atoms with Crippen molar-refractivity contribution in [2.24, 2.45) is 5.92 Å². The first-order valence-electron chi connectivity index (χ1n) is 10.4. The molecule has 16 heteroatoms. The molecule has 6 nitrogen and oxygen atoms in total. The molecule has 0 bridgehead atoms. The molecule has 0 heterocycles. The van der Waals surface area contributed by atoms with Gasteiger partial charge in [-0.05, 0) is 36.8 Å². The fourth-order valence-electron chi connectivity index (χ4n) is 3.07. The summed E-state index contributed by atoms with van der Waals surface area (Å²) in [6.45, 7) is 0. The normalized spacial score (nSPS) is 16.5. The first-order chi connectivity index (χ1) is 17.4. The molecular formula is C22H15Cl3F7N3O3. The van der Waals surface area contributed by atoms with Gasteiger partial charge >= 0.3 is 12.1 Å². The highest BCUT2D eigenvalue weighted by molar-refractivity contribution is 6.52. The van der Waals surface area contributed by atoms with Gasteiger partial charge in [0.05, 0.1) is 22.2 Å². The first kappa shape index (κ1) is 29.8. The number of carbonyl (C=O) groups excluding carboxylic acids is 3. The molecule has 1 atom stereocenters. The molecule has 2 aromatic rings. The number of hydrogen-bond acceptors (Lipinski definition) is 3. The summed E-state index contributed by atoms with van der Waals surface area (Å²) in [5.74, 6) is -11.9. The number of benzene rings is 2. The van der Waals surface area contributed by atoms with E-state index in [9.17, 15) is 45.1 Å². The van der Waals surface area contributed by atoms with Crippen LogP contribution in [0.25, 0.3) is 0 Å². The summed E-state index contributed by atoms with van der Waals surface area (Å²) >= 11 is 17.7. The minimum Gasteiger partial charge on any atom is -0.326 e. The highest BCUT2D eigenvalue weighted by Gasteiger charge is 2.57.